The zero-order valence-electron chi connectivity index (χ0n) is 19.6. The van der Waals surface area contributed by atoms with Gasteiger partial charge in [-0.05, 0) is 65.5 Å². The van der Waals surface area contributed by atoms with E-state index in [1.54, 1.807) is 6.07 Å². The van der Waals surface area contributed by atoms with E-state index in [-0.39, 0.29) is 28.2 Å². The zero-order chi connectivity index (χ0) is 22.3. The molecule has 0 aliphatic heterocycles. The molecule has 0 aliphatic rings. The number of aromatic hydroxyl groups is 3. The normalized spacial score (nSPS) is 13.6. The van der Waals surface area contributed by atoms with Crippen LogP contribution in [0.15, 0.2) is 18.2 Å². The largest absolute Gasteiger partial charge is 0.508 e. The van der Waals surface area contributed by atoms with Crippen LogP contribution in [0.5, 0.6) is 17.2 Å². The van der Waals surface area contributed by atoms with Crippen molar-refractivity contribution in [3.8, 4) is 17.2 Å². The van der Waals surface area contributed by atoms with E-state index in [1.165, 1.54) is 0 Å². The van der Waals surface area contributed by atoms with E-state index in [1.807, 2.05) is 40.7 Å². The van der Waals surface area contributed by atoms with Crippen molar-refractivity contribution in [1.82, 2.24) is 0 Å². The molecule has 0 bridgehead atoms. The summed E-state index contributed by atoms with van der Waals surface area (Å²) >= 11 is 0. The van der Waals surface area contributed by atoms with Crippen molar-refractivity contribution in [2.75, 3.05) is 0 Å². The Balaban J connectivity index is 2.84. The van der Waals surface area contributed by atoms with E-state index in [2.05, 4.69) is 33.8 Å². The summed E-state index contributed by atoms with van der Waals surface area (Å²) in [6.07, 6.45) is 1.83. The zero-order valence-corrected chi connectivity index (χ0v) is 19.6. The Hall–Kier alpha value is -2.16. The summed E-state index contributed by atoms with van der Waals surface area (Å²) in [6.45, 7) is 18.4. The van der Waals surface area contributed by atoms with Crippen LogP contribution in [0, 0.1) is 13.8 Å². The number of aryl methyl sites for hydroxylation is 2. The summed E-state index contributed by atoms with van der Waals surface area (Å²) in [6, 6.07) is 5.72. The van der Waals surface area contributed by atoms with Crippen molar-refractivity contribution in [2.45, 2.75) is 91.9 Å². The maximum absolute atomic E-state index is 11.3. The smallest absolute Gasteiger partial charge is 0.127 e. The van der Waals surface area contributed by atoms with Crippen LogP contribution in [0.2, 0.25) is 0 Å². The number of benzene rings is 2. The van der Waals surface area contributed by atoms with Gasteiger partial charge in [0.2, 0.25) is 0 Å². The average Bonchev–Trinajstić information content (AvgIpc) is 2.51. The lowest BCUT2D eigenvalue weighted by atomic mass is 9.76. The van der Waals surface area contributed by atoms with Crippen molar-refractivity contribution in [2.24, 2.45) is 0 Å². The molecular formula is C26H38O3. The Morgan fingerprint density at radius 1 is 0.793 bits per heavy atom. The third-order valence-corrected chi connectivity index (χ3v) is 5.77. The first-order valence-electron chi connectivity index (χ1n) is 10.6. The second-order valence-electron chi connectivity index (χ2n) is 10.4. The van der Waals surface area contributed by atoms with E-state index < -0.39 is 0 Å². The summed E-state index contributed by atoms with van der Waals surface area (Å²) in [7, 11) is 0. The van der Waals surface area contributed by atoms with E-state index in [0.717, 1.165) is 40.7 Å². The highest BCUT2D eigenvalue weighted by molar-refractivity contribution is 5.59. The highest BCUT2D eigenvalue weighted by Crippen LogP contribution is 2.48. The first kappa shape index (κ1) is 23.1. The lowest BCUT2D eigenvalue weighted by Crippen LogP contribution is -2.16. The molecule has 0 amide bonds. The fourth-order valence-corrected chi connectivity index (χ4v) is 4.41. The van der Waals surface area contributed by atoms with Crippen LogP contribution < -0.4 is 0 Å². The predicted molar refractivity (Wildman–Crippen MR) is 122 cm³/mol. The first-order chi connectivity index (χ1) is 13.2. The van der Waals surface area contributed by atoms with Gasteiger partial charge >= 0.3 is 0 Å². The third kappa shape index (κ3) is 4.55. The van der Waals surface area contributed by atoms with Gasteiger partial charge in [-0.15, -0.1) is 0 Å². The van der Waals surface area contributed by atoms with E-state index >= 15 is 0 Å². The topological polar surface area (TPSA) is 60.7 Å². The molecule has 0 aliphatic carbocycles. The molecule has 1 unspecified atom stereocenters. The van der Waals surface area contributed by atoms with Gasteiger partial charge in [0.15, 0.2) is 0 Å². The van der Waals surface area contributed by atoms with Gasteiger partial charge in [0, 0.05) is 17.0 Å². The molecule has 0 heterocycles. The lowest BCUT2D eigenvalue weighted by Gasteiger charge is -2.30. The van der Waals surface area contributed by atoms with Crippen LogP contribution in [-0.4, -0.2) is 15.3 Å². The van der Waals surface area contributed by atoms with E-state index in [9.17, 15) is 15.3 Å². The summed E-state index contributed by atoms with van der Waals surface area (Å²) in [4.78, 5) is 0. The Kier molecular flexibility index (Phi) is 6.32. The van der Waals surface area contributed by atoms with E-state index in [4.69, 9.17) is 0 Å². The molecule has 0 radical (unpaired) electrons. The molecule has 3 nitrogen and oxygen atoms in total. The fourth-order valence-electron chi connectivity index (χ4n) is 4.41. The monoisotopic (exact) mass is 398 g/mol. The quantitative estimate of drug-likeness (QED) is 0.522. The number of hydrogen-bond acceptors (Lipinski definition) is 3. The molecule has 3 N–H and O–H groups in total. The van der Waals surface area contributed by atoms with Gasteiger partial charge in [0.05, 0.1) is 0 Å². The summed E-state index contributed by atoms with van der Waals surface area (Å²) in [5.41, 5.74) is 4.83. The molecule has 2 rings (SSSR count). The Labute approximate surface area is 176 Å². The molecule has 3 heteroatoms. The van der Waals surface area contributed by atoms with Gasteiger partial charge in [0.25, 0.3) is 0 Å². The third-order valence-electron chi connectivity index (χ3n) is 5.77. The maximum Gasteiger partial charge on any atom is 0.127 e. The van der Waals surface area contributed by atoms with Crippen molar-refractivity contribution in [1.29, 1.82) is 0 Å². The minimum Gasteiger partial charge on any atom is -0.508 e. The summed E-state index contributed by atoms with van der Waals surface area (Å²) in [5, 5.41) is 32.4. The van der Waals surface area contributed by atoms with Crippen LogP contribution in [0.25, 0.3) is 0 Å². The van der Waals surface area contributed by atoms with Crippen LogP contribution in [0.3, 0.4) is 0 Å². The molecule has 0 aromatic heterocycles. The number of phenols is 3. The van der Waals surface area contributed by atoms with Gasteiger partial charge in [-0.3, -0.25) is 0 Å². The highest BCUT2D eigenvalue weighted by atomic mass is 16.3. The summed E-state index contributed by atoms with van der Waals surface area (Å²) in [5.74, 6) is 0.641. The molecule has 1 atom stereocenters. The second-order valence-corrected chi connectivity index (χ2v) is 10.4. The fraction of sp³-hybridized carbons (Fsp3) is 0.538. The maximum atomic E-state index is 11.3. The van der Waals surface area contributed by atoms with Crippen LogP contribution in [0.1, 0.15) is 101 Å². The molecule has 0 fully saturated rings. The number of hydrogen-bond donors (Lipinski definition) is 3. The van der Waals surface area contributed by atoms with Crippen molar-refractivity contribution in [3.63, 3.8) is 0 Å². The molecule has 160 valence electrons. The van der Waals surface area contributed by atoms with E-state index in [0.29, 0.717) is 11.3 Å². The summed E-state index contributed by atoms with van der Waals surface area (Å²) < 4.78 is 0. The van der Waals surface area contributed by atoms with Gasteiger partial charge in [-0.1, -0.05) is 61.0 Å². The molecule has 0 spiro atoms. The standard InChI is InChI=1S/C26H38O3/c1-10-11-17(18-14-19(25(4,5)6)20(27)12-15(18)2)22-16(3)13-21(28)23(24(22)29)26(7,8)9/h12-14,17,27-29H,10-11H2,1-9H3. The minimum atomic E-state index is -0.381. The minimum absolute atomic E-state index is 0.0107. The molecule has 29 heavy (non-hydrogen) atoms. The van der Waals surface area contributed by atoms with Gasteiger partial charge in [-0.2, -0.15) is 0 Å². The SMILES string of the molecule is CCCC(c1cc(C(C)(C)C)c(O)cc1C)c1c(C)cc(O)c(C(C)(C)C)c1O. The second kappa shape index (κ2) is 7.93. The average molecular weight is 399 g/mol. The Morgan fingerprint density at radius 3 is 1.83 bits per heavy atom. The van der Waals surface area contributed by atoms with Crippen LogP contribution in [-0.2, 0) is 10.8 Å². The molecule has 2 aromatic rings. The number of rotatable bonds is 4. The van der Waals surface area contributed by atoms with Gasteiger partial charge < -0.3 is 15.3 Å². The lowest BCUT2D eigenvalue weighted by molar-refractivity contribution is 0.403. The van der Waals surface area contributed by atoms with Crippen molar-refractivity contribution < 1.29 is 15.3 Å². The molecule has 0 saturated heterocycles. The molecule has 2 aromatic carbocycles. The molecular weight excluding hydrogens is 360 g/mol. The van der Waals surface area contributed by atoms with Crippen molar-refractivity contribution in [3.05, 3.63) is 51.6 Å². The molecule has 0 saturated carbocycles. The van der Waals surface area contributed by atoms with Crippen molar-refractivity contribution >= 4 is 0 Å². The first-order valence-corrected chi connectivity index (χ1v) is 10.6. The van der Waals surface area contributed by atoms with Gasteiger partial charge in [0.1, 0.15) is 17.2 Å². The number of phenolic OH excluding ortho intramolecular Hbond substituents is 3. The van der Waals surface area contributed by atoms with Gasteiger partial charge in [-0.25, -0.2) is 0 Å². The highest BCUT2D eigenvalue weighted by Gasteiger charge is 2.31. The van der Waals surface area contributed by atoms with Crippen LogP contribution in [0.4, 0.5) is 0 Å². The Bertz CT molecular complexity index is 896. The van der Waals surface area contributed by atoms with Crippen LogP contribution >= 0.6 is 0 Å². The predicted octanol–water partition coefficient (Wildman–Crippen LogP) is 6.95. The Morgan fingerprint density at radius 2 is 1.34 bits per heavy atom.